The van der Waals surface area contributed by atoms with Gasteiger partial charge in [-0.3, -0.25) is 4.79 Å². The predicted molar refractivity (Wildman–Crippen MR) is 79.1 cm³/mol. The molecule has 1 aromatic carbocycles. The molecule has 19 heavy (non-hydrogen) atoms. The summed E-state index contributed by atoms with van der Waals surface area (Å²) in [4.78, 5) is 12.0. The lowest BCUT2D eigenvalue weighted by Gasteiger charge is -2.21. The second-order valence-electron chi connectivity index (χ2n) is 5.22. The third-order valence-electron chi connectivity index (χ3n) is 2.31. The molecule has 0 saturated heterocycles. The topological polar surface area (TPSA) is 63.2 Å². The standard InChI is InChI=1S/C12H15BrClNO3S/c1-7-9(13)5-8(6-10(7)19(14,17)18)11(16)15-12(2,3)4/h5-6H,1-4H3,(H,15,16). The summed E-state index contributed by atoms with van der Waals surface area (Å²) in [5, 5.41) is 2.76. The summed E-state index contributed by atoms with van der Waals surface area (Å²) >= 11 is 3.23. The van der Waals surface area contributed by atoms with Crippen molar-refractivity contribution >= 4 is 41.6 Å². The average Bonchev–Trinajstić information content (AvgIpc) is 2.17. The van der Waals surface area contributed by atoms with E-state index in [1.807, 2.05) is 20.8 Å². The van der Waals surface area contributed by atoms with E-state index in [-0.39, 0.29) is 16.4 Å². The SMILES string of the molecule is Cc1c(Br)cc(C(=O)NC(C)(C)C)cc1S(=O)(=O)Cl. The molecule has 0 unspecified atom stereocenters. The highest BCUT2D eigenvalue weighted by Gasteiger charge is 2.21. The third kappa shape index (κ3) is 4.47. The summed E-state index contributed by atoms with van der Waals surface area (Å²) in [6, 6.07) is 2.85. The summed E-state index contributed by atoms with van der Waals surface area (Å²) in [6.45, 7) is 7.14. The van der Waals surface area contributed by atoms with Crippen LogP contribution < -0.4 is 5.32 Å². The second kappa shape index (κ2) is 5.42. The molecular weight excluding hydrogens is 354 g/mol. The van der Waals surface area contributed by atoms with E-state index in [2.05, 4.69) is 21.2 Å². The highest BCUT2D eigenvalue weighted by Crippen LogP contribution is 2.28. The number of rotatable bonds is 2. The molecule has 1 aromatic rings. The van der Waals surface area contributed by atoms with Gasteiger partial charge in [0.15, 0.2) is 0 Å². The molecule has 0 aromatic heterocycles. The van der Waals surface area contributed by atoms with Gasteiger partial charge in [-0.15, -0.1) is 0 Å². The van der Waals surface area contributed by atoms with Crippen molar-refractivity contribution in [3.05, 3.63) is 27.7 Å². The van der Waals surface area contributed by atoms with Gasteiger partial charge < -0.3 is 5.32 Å². The van der Waals surface area contributed by atoms with E-state index in [9.17, 15) is 13.2 Å². The minimum atomic E-state index is -3.89. The van der Waals surface area contributed by atoms with Crippen molar-refractivity contribution in [1.29, 1.82) is 0 Å². The molecular formula is C12H15BrClNO3S. The van der Waals surface area contributed by atoms with E-state index in [1.54, 1.807) is 13.0 Å². The molecule has 0 fully saturated rings. The number of halogens is 2. The maximum atomic E-state index is 12.0. The zero-order valence-corrected chi connectivity index (χ0v) is 14.2. The first-order chi connectivity index (χ1) is 8.42. The van der Waals surface area contributed by atoms with Crippen LogP contribution in [0.2, 0.25) is 0 Å². The first kappa shape index (κ1) is 16.5. The molecule has 0 spiro atoms. The van der Waals surface area contributed by atoms with E-state index in [0.717, 1.165) is 0 Å². The fourth-order valence-electron chi connectivity index (χ4n) is 1.45. The zero-order chi connectivity index (χ0) is 15.0. The molecule has 0 aliphatic rings. The van der Waals surface area contributed by atoms with E-state index in [0.29, 0.717) is 10.0 Å². The van der Waals surface area contributed by atoms with Crippen molar-refractivity contribution in [2.24, 2.45) is 0 Å². The van der Waals surface area contributed by atoms with Crippen LogP contribution in [0.25, 0.3) is 0 Å². The minimum Gasteiger partial charge on any atom is -0.347 e. The van der Waals surface area contributed by atoms with Crippen LogP contribution >= 0.6 is 26.6 Å². The number of amides is 1. The van der Waals surface area contributed by atoms with Crippen LogP contribution in [0.1, 0.15) is 36.7 Å². The van der Waals surface area contributed by atoms with Crippen molar-refractivity contribution in [3.8, 4) is 0 Å². The monoisotopic (exact) mass is 367 g/mol. The van der Waals surface area contributed by atoms with E-state index >= 15 is 0 Å². The molecule has 0 radical (unpaired) electrons. The summed E-state index contributed by atoms with van der Waals surface area (Å²) in [6.07, 6.45) is 0. The molecule has 1 amide bonds. The Kier molecular flexibility index (Phi) is 4.70. The van der Waals surface area contributed by atoms with Gasteiger partial charge in [0.2, 0.25) is 0 Å². The molecule has 0 atom stereocenters. The van der Waals surface area contributed by atoms with Gasteiger partial charge in [0.05, 0.1) is 4.90 Å². The van der Waals surface area contributed by atoms with Crippen LogP contribution in [0.3, 0.4) is 0 Å². The number of hydrogen-bond acceptors (Lipinski definition) is 3. The van der Waals surface area contributed by atoms with Crippen molar-refractivity contribution in [2.75, 3.05) is 0 Å². The first-order valence-corrected chi connectivity index (χ1v) is 8.59. The molecule has 1 N–H and O–H groups in total. The van der Waals surface area contributed by atoms with Crippen LogP contribution in [0, 0.1) is 6.92 Å². The van der Waals surface area contributed by atoms with Gasteiger partial charge >= 0.3 is 0 Å². The maximum Gasteiger partial charge on any atom is 0.261 e. The van der Waals surface area contributed by atoms with Gasteiger partial charge in [-0.1, -0.05) is 15.9 Å². The highest BCUT2D eigenvalue weighted by atomic mass is 79.9. The molecule has 0 saturated carbocycles. The van der Waals surface area contributed by atoms with Crippen LogP contribution in [0.5, 0.6) is 0 Å². The number of nitrogens with one attached hydrogen (secondary N) is 1. The highest BCUT2D eigenvalue weighted by molar-refractivity contribution is 9.10. The smallest absolute Gasteiger partial charge is 0.261 e. The number of benzene rings is 1. The first-order valence-electron chi connectivity index (χ1n) is 5.49. The van der Waals surface area contributed by atoms with Gasteiger partial charge in [-0.2, -0.15) is 0 Å². The van der Waals surface area contributed by atoms with Gasteiger partial charge in [0, 0.05) is 26.3 Å². The van der Waals surface area contributed by atoms with Gasteiger partial charge in [-0.05, 0) is 45.4 Å². The number of carbonyl (C=O) groups excluding carboxylic acids is 1. The average molecular weight is 369 g/mol. The largest absolute Gasteiger partial charge is 0.347 e. The molecule has 4 nitrogen and oxygen atoms in total. The Bertz CT molecular complexity index is 621. The van der Waals surface area contributed by atoms with Gasteiger partial charge in [0.25, 0.3) is 15.0 Å². The quantitative estimate of drug-likeness (QED) is 0.815. The van der Waals surface area contributed by atoms with Crippen LogP contribution in [-0.2, 0) is 9.05 Å². The van der Waals surface area contributed by atoms with E-state index in [1.165, 1.54) is 6.07 Å². The Morgan fingerprint density at radius 2 is 1.84 bits per heavy atom. The summed E-state index contributed by atoms with van der Waals surface area (Å²) in [5.74, 6) is -0.352. The van der Waals surface area contributed by atoms with Crippen molar-refractivity contribution < 1.29 is 13.2 Å². The lowest BCUT2D eigenvalue weighted by atomic mass is 10.1. The Morgan fingerprint density at radius 1 is 1.32 bits per heavy atom. The molecule has 0 aliphatic heterocycles. The lowest BCUT2D eigenvalue weighted by Crippen LogP contribution is -2.40. The molecule has 0 aliphatic carbocycles. The predicted octanol–water partition coefficient (Wildman–Crippen LogP) is 3.21. The molecule has 1 rings (SSSR count). The molecule has 0 bridgehead atoms. The minimum absolute atomic E-state index is 0.0670. The Morgan fingerprint density at radius 3 is 2.26 bits per heavy atom. The van der Waals surface area contributed by atoms with Crippen LogP contribution in [0.15, 0.2) is 21.5 Å². The Hall–Kier alpha value is -0.590. The molecule has 106 valence electrons. The lowest BCUT2D eigenvalue weighted by molar-refractivity contribution is 0.0919. The maximum absolute atomic E-state index is 12.0. The summed E-state index contributed by atoms with van der Waals surface area (Å²) in [5.41, 5.74) is 0.308. The number of hydrogen-bond donors (Lipinski definition) is 1. The fourth-order valence-corrected chi connectivity index (χ4v) is 3.27. The van der Waals surface area contributed by atoms with E-state index < -0.39 is 14.6 Å². The van der Waals surface area contributed by atoms with E-state index in [4.69, 9.17) is 10.7 Å². The van der Waals surface area contributed by atoms with Crippen molar-refractivity contribution in [1.82, 2.24) is 5.32 Å². The number of carbonyl (C=O) groups is 1. The molecule has 0 heterocycles. The summed E-state index contributed by atoms with van der Waals surface area (Å²) < 4.78 is 23.5. The van der Waals surface area contributed by atoms with Gasteiger partial charge in [-0.25, -0.2) is 8.42 Å². The third-order valence-corrected chi connectivity index (χ3v) is 4.58. The van der Waals surface area contributed by atoms with Crippen LogP contribution in [-0.4, -0.2) is 19.9 Å². The van der Waals surface area contributed by atoms with Gasteiger partial charge in [0.1, 0.15) is 0 Å². The second-order valence-corrected chi connectivity index (χ2v) is 8.61. The van der Waals surface area contributed by atoms with Crippen molar-refractivity contribution in [3.63, 3.8) is 0 Å². The van der Waals surface area contributed by atoms with Crippen LogP contribution in [0.4, 0.5) is 0 Å². The van der Waals surface area contributed by atoms with Crippen molar-refractivity contribution in [2.45, 2.75) is 38.1 Å². The zero-order valence-electron chi connectivity index (χ0n) is 11.0. The summed E-state index contributed by atoms with van der Waals surface area (Å²) in [7, 11) is 1.47. The Balaban J connectivity index is 3.33. The Labute approximate surface area is 126 Å². The molecule has 7 heteroatoms. The normalized spacial score (nSPS) is 12.3. The fraction of sp³-hybridized carbons (Fsp3) is 0.417.